The molecule has 2 atom stereocenters. The molecule has 0 aliphatic carbocycles. The number of aryl methyl sites for hydroxylation is 1. The van der Waals surface area contributed by atoms with E-state index in [1.165, 1.54) is 5.69 Å². The Labute approximate surface area is 252 Å². The number of aliphatic imine (C=N–C) groups is 1. The van der Waals surface area contributed by atoms with Crippen LogP contribution in [0.3, 0.4) is 0 Å². The number of anilines is 1. The standard InChI is InChI=1S/C32H40N8OS/c1-21-11-10-12-25(37-21)20-41-31-36-19-27-29(38-31)30(42-32(4,5)6)26(14-16-39(7)28-13-8-9-15-33-28)40(27)22(2)24-17-34-23(3)35-18-24/h8-13,15,17-19,22-23,34H,14,16,20H2,1-7H3. The van der Waals surface area contributed by atoms with E-state index in [-0.39, 0.29) is 17.0 Å². The SMILES string of the molecule is Cc1cccc(COc2ncc3c(n2)c(SC(C)(C)C)c(CCN(C)c2ccccn2)n3C(C)C2=CNC(C)N=C2)n1. The first-order valence-corrected chi connectivity index (χ1v) is 15.2. The summed E-state index contributed by atoms with van der Waals surface area (Å²) in [5.74, 6) is 0.943. The molecular weight excluding hydrogens is 544 g/mol. The maximum atomic E-state index is 6.07. The second kappa shape index (κ2) is 12.5. The van der Waals surface area contributed by atoms with Crippen LogP contribution in [0.1, 0.15) is 57.7 Å². The number of likely N-dealkylation sites (N-methyl/N-ethyl adjacent to an activating group) is 1. The van der Waals surface area contributed by atoms with Crippen LogP contribution in [0.5, 0.6) is 6.01 Å². The van der Waals surface area contributed by atoms with Crippen LogP contribution < -0.4 is 15.0 Å². The maximum Gasteiger partial charge on any atom is 0.317 e. The first-order chi connectivity index (χ1) is 20.1. The van der Waals surface area contributed by atoms with Gasteiger partial charge in [0.1, 0.15) is 24.1 Å². The molecule has 1 N–H and O–H groups in total. The lowest BCUT2D eigenvalue weighted by Gasteiger charge is -2.25. The molecule has 4 aromatic rings. The van der Waals surface area contributed by atoms with E-state index in [9.17, 15) is 0 Å². The van der Waals surface area contributed by atoms with Gasteiger partial charge in [0.05, 0.1) is 28.3 Å². The highest BCUT2D eigenvalue weighted by molar-refractivity contribution is 8.00. The predicted octanol–water partition coefficient (Wildman–Crippen LogP) is 6.14. The summed E-state index contributed by atoms with van der Waals surface area (Å²) < 4.78 is 8.41. The quantitative estimate of drug-likeness (QED) is 0.222. The van der Waals surface area contributed by atoms with Gasteiger partial charge in [-0.15, -0.1) is 11.8 Å². The Hall–Kier alpha value is -3.92. The smallest absolute Gasteiger partial charge is 0.317 e. The molecule has 0 aromatic carbocycles. The van der Waals surface area contributed by atoms with Crippen molar-refractivity contribution in [2.45, 2.75) is 76.4 Å². The van der Waals surface area contributed by atoms with Gasteiger partial charge >= 0.3 is 6.01 Å². The van der Waals surface area contributed by atoms with Crippen LogP contribution >= 0.6 is 11.8 Å². The zero-order valence-electron chi connectivity index (χ0n) is 25.5. The van der Waals surface area contributed by atoms with Gasteiger partial charge < -0.3 is 19.5 Å². The molecule has 1 aliphatic rings. The molecule has 0 fully saturated rings. The van der Waals surface area contributed by atoms with Crippen molar-refractivity contribution in [1.29, 1.82) is 0 Å². The van der Waals surface area contributed by atoms with Crippen molar-refractivity contribution >= 4 is 34.8 Å². The number of nitrogens with one attached hydrogen (secondary N) is 1. The number of pyridine rings is 2. The molecule has 42 heavy (non-hydrogen) atoms. The minimum Gasteiger partial charge on any atom is -0.457 e. The fraction of sp³-hybridized carbons (Fsp3) is 0.406. The molecule has 0 bridgehead atoms. The molecule has 4 aromatic heterocycles. The fourth-order valence-corrected chi connectivity index (χ4v) is 6.09. The van der Waals surface area contributed by atoms with Crippen LogP contribution in [0.15, 0.2) is 70.5 Å². The number of hydrogen-bond donors (Lipinski definition) is 1. The lowest BCUT2D eigenvalue weighted by Crippen LogP contribution is -2.26. The first-order valence-electron chi connectivity index (χ1n) is 14.3. The Bertz CT molecular complexity index is 1590. The average molecular weight is 585 g/mol. The second-order valence-corrected chi connectivity index (χ2v) is 13.4. The van der Waals surface area contributed by atoms with E-state index in [0.717, 1.165) is 51.7 Å². The summed E-state index contributed by atoms with van der Waals surface area (Å²) in [7, 11) is 2.09. The first kappa shape index (κ1) is 29.6. The lowest BCUT2D eigenvalue weighted by molar-refractivity contribution is 0.277. The van der Waals surface area contributed by atoms with Crippen molar-refractivity contribution < 1.29 is 4.74 Å². The third-order valence-electron chi connectivity index (χ3n) is 7.01. The number of thioether (sulfide) groups is 1. The van der Waals surface area contributed by atoms with Crippen molar-refractivity contribution in [3.8, 4) is 6.01 Å². The van der Waals surface area contributed by atoms with Gasteiger partial charge in [-0.2, -0.15) is 4.98 Å². The maximum absolute atomic E-state index is 6.07. The minimum absolute atomic E-state index is 0.00703. The molecule has 0 spiro atoms. The van der Waals surface area contributed by atoms with Gasteiger partial charge in [0, 0.05) is 60.3 Å². The van der Waals surface area contributed by atoms with Crippen LogP contribution in [0, 0.1) is 6.92 Å². The average Bonchev–Trinajstić information content (AvgIpc) is 3.26. The van der Waals surface area contributed by atoms with E-state index < -0.39 is 0 Å². The van der Waals surface area contributed by atoms with Crippen molar-refractivity contribution in [3.63, 3.8) is 0 Å². The number of rotatable bonds is 10. The Morgan fingerprint density at radius 2 is 1.95 bits per heavy atom. The zero-order valence-corrected chi connectivity index (χ0v) is 26.3. The van der Waals surface area contributed by atoms with E-state index in [2.05, 4.69) is 75.7 Å². The Morgan fingerprint density at radius 3 is 2.64 bits per heavy atom. The summed E-state index contributed by atoms with van der Waals surface area (Å²) >= 11 is 1.83. The number of fused-ring (bicyclic) bond motifs is 1. The van der Waals surface area contributed by atoms with Gasteiger partial charge in [0.15, 0.2) is 0 Å². The summed E-state index contributed by atoms with van der Waals surface area (Å²) in [5.41, 5.74) is 5.97. The number of hydrogen-bond acceptors (Lipinski definition) is 9. The summed E-state index contributed by atoms with van der Waals surface area (Å²) in [4.78, 5) is 26.7. The fourth-order valence-electron chi connectivity index (χ4n) is 4.91. The van der Waals surface area contributed by atoms with E-state index in [0.29, 0.717) is 12.6 Å². The highest BCUT2D eigenvalue weighted by atomic mass is 32.2. The van der Waals surface area contributed by atoms with E-state index in [4.69, 9.17) is 9.72 Å². The Kier molecular flexibility index (Phi) is 8.82. The molecule has 2 unspecified atom stereocenters. The van der Waals surface area contributed by atoms with Crippen molar-refractivity contribution in [1.82, 2.24) is 29.8 Å². The van der Waals surface area contributed by atoms with Gasteiger partial charge in [0.25, 0.3) is 0 Å². The molecule has 9 nitrogen and oxygen atoms in total. The van der Waals surface area contributed by atoms with E-state index >= 15 is 0 Å². The minimum atomic E-state index is -0.0377. The Balaban J connectivity index is 1.58. The van der Waals surface area contributed by atoms with Crippen molar-refractivity contribution in [2.75, 3.05) is 18.5 Å². The Morgan fingerprint density at radius 1 is 1.12 bits per heavy atom. The highest BCUT2D eigenvalue weighted by Gasteiger charge is 2.28. The molecule has 5 rings (SSSR count). The summed E-state index contributed by atoms with van der Waals surface area (Å²) in [6.45, 7) is 14.0. The van der Waals surface area contributed by atoms with Gasteiger partial charge in [-0.25, -0.2) is 9.97 Å². The largest absolute Gasteiger partial charge is 0.457 e. The molecule has 220 valence electrons. The molecule has 0 amide bonds. The zero-order chi connectivity index (χ0) is 29.9. The third kappa shape index (κ3) is 6.92. The molecule has 0 radical (unpaired) electrons. The summed E-state index contributed by atoms with van der Waals surface area (Å²) in [6, 6.07) is 12.3. The van der Waals surface area contributed by atoms with Crippen molar-refractivity contribution in [2.24, 2.45) is 4.99 Å². The highest BCUT2D eigenvalue weighted by Crippen LogP contribution is 2.42. The van der Waals surface area contributed by atoms with Gasteiger partial charge in [-0.05, 0) is 45.0 Å². The molecule has 0 saturated carbocycles. The molecule has 0 saturated heterocycles. The molecule has 10 heteroatoms. The monoisotopic (exact) mass is 584 g/mol. The van der Waals surface area contributed by atoms with Crippen LogP contribution in [0.2, 0.25) is 0 Å². The van der Waals surface area contributed by atoms with E-state index in [1.807, 2.05) is 80.6 Å². The van der Waals surface area contributed by atoms with E-state index in [1.54, 1.807) is 0 Å². The number of nitrogens with zero attached hydrogens (tertiary/aromatic N) is 7. The van der Waals surface area contributed by atoms with Crippen LogP contribution in [0.4, 0.5) is 5.82 Å². The normalized spacial score (nSPS) is 15.8. The van der Waals surface area contributed by atoms with Gasteiger partial charge in [-0.3, -0.25) is 9.98 Å². The molecular formula is C32H40N8OS. The number of ether oxygens (including phenoxy) is 1. The van der Waals surface area contributed by atoms with Crippen LogP contribution in [-0.2, 0) is 13.0 Å². The second-order valence-electron chi connectivity index (χ2n) is 11.6. The van der Waals surface area contributed by atoms with Gasteiger partial charge in [0.2, 0.25) is 0 Å². The topological polar surface area (TPSA) is 93.4 Å². The van der Waals surface area contributed by atoms with Crippen molar-refractivity contribution in [3.05, 3.63) is 77.6 Å². The molecule has 1 aliphatic heterocycles. The predicted molar refractivity (Wildman–Crippen MR) is 172 cm³/mol. The lowest BCUT2D eigenvalue weighted by atomic mass is 10.1. The third-order valence-corrected chi connectivity index (χ3v) is 8.26. The number of aromatic nitrogens is 5. The summed E-state index contributed by atoms with van der Waals surface area (Å²) in [6.07, 6.45) is 8.63. The van der Waals surface area contributed by atoms with Crippen LogP contribution in [-0.4, -0.2) is 55.2 Å². The van der Waals surface area contributed by atoms with Crippen LogP contribution in [0.25, 0.3) is 11.0 Å². The van der Waals surface area contributed by atoms with Gasteiger partial charge in [-0.1, -0.05) is 32.9 Å². The number of allylic oxidation sites excluding steroid dienone is 1. The molecule has 5 heterocycles. The summed E-state index contributed by atoms with van der Waals surface area (Å²) in [5, 5.41) is 3.36.